The lowest BCUT2D eigenvalue weighted by molar-refractivity contribution is 0.404. The van der Waals surface area contributed by atoms with Crippen LogP contribution < -0.4 is 10.6 Å². The van der Waals surface area contributed by atoms with Crippen LogP contribution in [0.4, 0.5) is 0 Å². The molecule has 0 bridgehead atoms. The first-order chi connectivity index (χ1) is 12.0. The zero-order valence-corrected chi connectivity index (χ0v) is 16.5. The molecule has 0 aromatic carbocycles. The fraction of sp³-hybridized carbons (Fsp3) is 0.857. The second kappa shape index (κ2) is 10.8. The molecule has 2 saturated carbocycles. The predicted molar refractivity (Wildman–Crippen MR) is 109 cm³/mol. The van der Waals surface area contributed by atoms with E-state index in [1.807, 2.05) is 6.21 Å². The minimum atomic E-state index is -0.0659. The summed E-state index contributed by atoms with van der Waals surface area (Å²) < 4.78 is 0. The molecule has 0 aromatic rings. The molecule has 0 atom stereocenters. The molecule has 143 valence electrons. The summed E-state index contributed by atoms with van der Waals surface area (Å²) in [7, 11) is 0. The van der Waals surface area contributed by atoms with Crippen LogP contribution in [0, 0.1) is 12.3 Å². The van der Waals surface area contributed by atoms with Gasteiger partial charge >= 0.3 is 0 Å². The third-order valence-electron chi connectivity index (χ3n) is 5.03. The van der Waals surface area contributed by atoms with Crippen LogP contribution in [0.25, 0.3) is 0 Å². The van der Waals surface area contributed by atoms with Gasteiger partial charge in [0.2, 0.25) is 0 Å². The first kappa shape index (κ1) is 20.3. The van der Waals surface area contributed by atoms with Gasteiger partial charge < -0.3 is 10.6 Å². The molecule has 0 aromatic heterocycles. The second-order valence-corrected chi connectivity index (χ2v) is 8.55. The summed E-state index contributed by atoms with van der Waals surface area (Å²) in [5, 5.41) is 7.27. The lowest BCUT2D eigenvalue weighted by atomic mass is 9.95. The molecule has 2 aliphatic rings. The zero-order chi connectivity index (χ0) is 18.0. The van der Waals surface area contributed by atoms with Gasteiger partial charge in [-0.05, 0) is 44.4 Å². The Balaban J connectivity index is 1.78. The lowest BCUT2D eigenvalue weighted by Gasteiger charge is -2.27. The Hall–Kier alpha value is -1.06. The molecule has 4 nitrogen and oxygen atoms in total. The maximum absolute atomic E-state index is 5.03. The molecule has 2 rings (SSSR count). The summed E-state index contributed by atoms with van der Waals surface area (Å²) >= 11 is 0. The van der Waals surface area contributed by atoms with Crippen LogP contribution in [0.15, 0.2) is 9.98 Å². The molecule has 4 heteroatoms. The van der Waals surface area contributed by atoms with Crippen LogP contribution in [0.2, 0.25) is 0 Å². The van der Waals surface area contributed by atoms with Crippen LogP contribution in [-0.4, -0.2) is 37.3 Å². The van der Waals surface area contributed by atoms with Gasteiger partial charge in [0.15, 0.2) is 5.96 Å². The Morgan fingerprint density at radius 1 is 1.04 bits per heavy atom. The van der Waals surface area contributed by atoms with Crippen molar-refractivity contribution >= 4 is 12.2 Å². The van der Waals surface area contributed by atoms with Gasteiger partial charge in [-0.2, -0.15) is 0 Å². The van der Waals surface area contributed by atoms with Gasteiger partial charge in [0.05, 0.1) is 6.04 Å². The van der Waals surface area contributed by atoms with Crippen LogP contribution >= 0.6 is 0 Å². The van der Waals surface area contributed by atoms with Crippen molar-refractivity contribution in [3.8, 4) is 0 Å². The fourth-order valence-corrected chi connectivity index (χ4v) is 3.66. The largest absolute Gasteiger partial charge is 0.356 e. The Labute approximate surface area is 155 Å². The van der Waals surface area contributed by atoms with Crippen molar-refractivity contribution in [3.05, 3.63) is 6.92 Å². The fourth-order valence-electron chi connectivity index (χ4n) is 3.66. The van der Waals surface area contributed by atoms with Crippen LogP contribution in [-0.2, 0) is 0 Å². The van der Waals surface area contributed by atoms with Crippen LogP contribution in [0.3, 0.4) is 0 Å². The molecule has 0 heterocycles. The molecular weight excluding hydrogens is 308 g/mol. The van der Waals surface area contributed by atoms with Crippen molar-refractivity contribution in [3.63, 3.8) is 0 Å². The highest BCUT2D eigenvalue weighted by atomic mass is 15.2. The zero-order valence-electron chi connectivity index (χ0n) is 16.5. The third-order valence-corrected chi connectivity index (χ3v) is 5.03. The van der Waals surface area contributed by atoms with Crippen LogP contribution in [0.5, 0.6) is 0 Å². The second-order valence-electron chi connectivity index (χ2n) is 8.55. The van der Waals surface area contributed by atoms with Crippen molar-refractivity contribution in [2.24, 2.45) is 15.4 Å². The molecule has 0 spiro atoms. The molecule has 2 aliphatic carbocycles. The Bertz CT molecular complexity index is 410. The van der Waals surface area contributed by atoms with E-state index < -0.39 is 0 Å². The predicted octanol–water partition coefficient (Wildman–Crippen LogP) is 4.51. The molecule has 2 N–H and O–H groups in total. The van der Waals surface area contributed by atoms with Crippen molar-refractivity contribution in [2.45, 2.75) is 96.6 Å². The number of guanidine groups is 1. The summed E-state index contributed by atoms with van der Waals surface area (Å²) in [5.41, 5.74) is -0.0659. The summed E-state index contributed by atoms with van der Waals surface area (Å²) in [6.07, 6.45) is 16.2. The molecule has 0 saturated heterocycles. The van der Waals surface area contributed by atoms with E-state index in [2.05, 4.69) is 36.4 Å². The average Bonchev–Trinajstić information content (AvgIpc) is 2.59. The Kier molecular flexibility index (Phi) is 8.77. The molecule has 0 unspecified atom stereocenters. The number of hydrogen-bond donors (Lipinski definition) is 2. The topological polar surface area (TPSA) is 48.8 Å². The summed E-state index contributed by atoms with van der Waals surface area (Å²) in [5.74, 6) is 1.04. The molecule has 25 heavy (non-hydrogen) atoms. The maximum Gasteiger partial charge on any atom is 0.191 e. The molecular formula is C21H39N4. The normalized spacial score (nSPS) is 21.6. The minimum Gasteiger partial charge on any atom is -0.356 e. The molecule has 2 fully saturated rings. The van der Waals surface area contributed by atoms with Crippen LogP contribution in [0.1, 0.15) is 84.5 Å². The van der Waals surface area contributed by atoms with Gasteiger partial charge in [-0.15, -0.1) is 0 Å². The SMILES string of the molecule is [CH2]C(C)(C)C=NCCCNC(=NC1CCCCC1)NC1CCCCC1. The number of nitrogens with one attached hydrogen (secondary N) is 2. The number of hydrogen-bond acceptors (Lipinski definition) is 2. The van der Waals surface area contributed by atoms with Gasteiger partial charge in [0.1, 0.15) is 0 Å². The Morgan fingerprint density at radius 2 is 1.68 bits per heavy atom. The first-order valence-electron chi connectivity index (χ1n) is 10.5. The van der Waals surface area contributed by atoms with Crippen molar-refractivity contribution in [1.82, 2.24) is 10.6 Å². The van der Waals surface area contributed by atoms with E-state index in [4.69, 9.17) is 4.99 Å². The summed E-state index contributed by atoms with van der Waals surface area (Å²) in [6.45, 7) is 10.00. The van der Waals surface area contributed by atoms with E-state index in [1.165, 1.54) is 64.2 Å². The van der Waals surface area contributed by atoms with Crippen molar-refractivity contribution in [1.29, 1.82) is 0 Å². The summed E-state index contributed by atoms with van der Waals surface area (Å²) in [4.78, 5) is 9.52. The first-order valence-corrected chi connectivity index (χ1v) is 10.5. The van der Waals surface area contributed by atoms with E-state index in [1.54, 1.807) is 0 Å². The van der Waals surface area contributed by atoms with Crippen molar-refractivity contribution in [2.75, 3.05) is 13.1 Å². The smallest absolute Gasteiger partial charge is 0.191 e. The summed E-state index contributed by atoms with van der Waals surface area (Å²) in [6, 6.07) is 1.12. The highest BCUT2D eigenvalue weighted by Crippen LogP contribution is 2.21. The standard InChI is InChI=1S/C21H39N4/c1-21(2,3)17-22-15-10-16-23-20(24-18-11-6-4-7-12-18)25-19-13-8-5-9-14-19/h17-19H,1,4-16H2,2-3H3,(H2,23,24,25). The molecule has 0 amide bonds. The van der Waals surface area contributed by atoms with Gasteiger partial charge in [-0.1, -0.05) is 52.4 Å². The van der Waals surface area contributed by atoms with E-state index >= 15 is 0 Å². The lowest BCUT2D eigenvalue weighted by Crippen LogP contribution is -2.45. The number of nitrogens with zero attached hydrogens (tertiary/aromatic N) is 2. The quantitative estimate of drug-likeness (QED) is 0.404. The molecule has 0 aliphatic heterocycles. The number of aliphatic imine (C=N–C) groups is 2. The number of rotatable bonds is 7. The Morgan fingerprint density at radius 3 is 2.32 bits per heavy atom. The van der Waals surface area contributed by atoms with Gasteiger partial charge in [0, 0.05) is 25.3 Å². The monoisotopic (exact) mass is 347 g/mol. The third kappa shape index (κ3) is 9.27. The van der Waals surface area contributed by atoms with Crippen molar-refractivity contribution < 1.29 is 0 Å². The van der Waals surface area contributed by atoms with Gasteiger partial charge in [0.25, 0.3) is 0 Å². The van der Waals surface area contributed by atoms with E-state index in [0.29, 0.717) is 12.1 Å². The molecule has 1 radical (unpaired) electrons. The minimum absolute atomic E-state index is 0.0659. The van der Waals surface area contributed by atoms with E-state index in [9.17, 15) is 0 Å². The highest BCUT2D eigenvalue weighted by molar-refractivity contribution is 5.80. The van der Waals surface area contributed by atoms with E-state index in [-0.39, 0.29) is 5.41 Å². The highest BCUT2D eigenvalue weighted by Gasteiger charge is 2.17. The van der Waals surface area contributed by atoms with E-state index in [0.717, 1.165) is 25.5 Å². The average molecular weight is 348 g/mol. The van der Waals surface area contributed by atoms with Gasteiger partial charge in [-0.3, -0.25) is 4.99 Å². The van der Waals surface area contributed by atoms with Gasteiger partial charge in [-0.25, -0.2) is 4.99 Å². The maximum atomic E-state index is 5.03.